The number of hydrogen-bond acceptors (Lipinski definition) is 12. The zero-order valence-corrected chi connectivity index (χ0v) is 32.0. The molecular weight excluding hydrogens is 614 g/mol. The maximum Gasteiger partial charge on any atom is 0.0664 e. The lowest BCUT2D eigenvalue weighted by atomic mass is 10.2. The second-order valence-corrected chi connectivity index (χ2v) is 13.9. The van der Waals surface area contributed by atoms with Crippen LogP contribution in [0.1, 0.15) is 93.4 Å². The Morgan fingerprint density at radius 3 is 0.521 bits per heavy atom. The lowest BCUT2D eigenvalue weighted by Crippen LogP contribution is -2.48. The molecule has 12 heteroatoms. The first-order chi connectivity index (χ1) is 22.8. The van der Waals surface area contributed by atoms with Crippen molar-refractivity contribution in [3.63, 3.8) is 0 Å². The molecule has 7 unspecified atom stereocenters. The van der Waals surface area contributed by atoms with Crippen LogP contribution in [0.2, 0.25) is 0 Å². The van der Waals surface area contributed by atoms with Crippen molar-refractivity contribution in [2.45, 2.75) is 136 Å². The van der Waals surface area contributed by atoms with Gasteiger partial charge in [-0.15, -0.1) is 0 Å². The van der Waals surface area contributed by atoms with E-state index in [4.69, 9.17) is 0 Å². The van der Waals surface area contributed by atoms with E-state index in [1.165, 1.54) is 0 Å². The summed E-state index contributed by atoms with van der Waals surface area (Å²) in [6.45, 7) is 22.8. The second kappa shape index (κ2) is 29.1. The monoisotopic (exact) mass is 694 g/mol. The summed E-state index contributed by atoms with van der Waals surface area (Å²) in [5.74, 6) is 0. The number of hydrogen-bond donors (Lipinski definition) is 7. The number of aliphatic hydroxyl groups is 7. The zero-order valence-electron chi connectivity index (χ0n) is 32.0. The summed E-state index contributed by atoms with van der Waals surface area (Å²) in [5.41, 5.74) is 0. The minimum Gasteiger partial charge on any atom is -0.392 e. The van der Waals surface area contributed by atoms with E-state index in [9.17, 15) is 35.7 Å². The Balaban J connectivity index is 5.70. The molecule has 0 aliphatic carbocycles. The molecule has 290 valence electrons. The Labute approximate surface area is 294 Å². The topological polar surface area (TPSA) is 158 Å². The molecular formula is C36H79N5O7. The Kier molecular flexibility index (Phi) is 28.8. The highest BCUT2D eigenvalue weighted by Crippen LogP contribution is 2.08. The predicted molar refractivity (Wildman–Crippen MR) is 196 cm³/mol. The number of rotatable bonds is 33. The van der Waals surface area contributed by atoms with Crippen molar-refractivity contribution in [2.75, 3.05) is 98.2 Å². The Morgan fingerprint density at radius 1 is 0.250 bits per heavy atom. The molecule has 0 saturated heterocycles. The average molecular weight is 694 g/mol. The highest BCUT2D eigenvalue weighted by atomic mass is 16.3. The van der Waals surface area contributed by atoms with Gasteiger partial charge < -0.3 is 35.7 Å². The Hall–Kier alpha value is -0.480. The van der Waals surface area contributed by atoms with Gasteiger partial charge in [0.15, 0.2) is 0 Å². The van der Waals surface area contributed by atoms with Crippen LogP contribution in [0.25, 0.3) is 0 Å². The summed E-state index contributed by atoms with van der Waals surface area (Å²) in [7, 11) is 0. The van der Waals surface area contributed by atoms with Crippen molar-refractivity contribution in [2.24, 2.45) is 0 Å². The molecule has 0 aromatic carbocycles. The maximum absolute atomic E-state index is 10.7. The fourth-order valence-electron chi connectivity index (χ4n) is 5.52. The molecule has 0 rings (SSSR count). The molecule has 0 spiro atoms. The third kappa shape index (κ3) is 23.8. The van der Waals surface area contributed by atoms with Crippen LogP contribution >= 0.6 is 0 Å². The molecule has 0 aliphatic rings. The lowest BCUT2D eigenvalue weighted by molar-refractivity contribution is 0.0434. The molecule has 7 atom stereocenters. The van der Waals surface area contributed by atoms with Gasteiger partial charge in [0, 0.05) is 98.2 Å². The second-order valence-electron chi connectivity index (χ2n) is 13.9. The van der Waals surface area contributed by atoms with Gasteiger partial charge in [0.1, 0.15) is 0 Å². The van der Waals surface area contributed by atoms with Crippen molar-refractivity contribution >= 4 is 0 Å². The van der Waals surface area contributed by atoms with E-state index in [1.54, 1.807) is 0 Å². The highest BCUT2D eigenvalue weighted by molar-refractivity contribution is 4.76. The summed E-state index contributed by atoms with van der Waals surface area (Å²) < 4.78 is 0. The molecule has 0 aromatic rings. The predicted octanol–water partition coefficient (Wildman–Crippen LogP) is 0.893. The van der Waals surface area contributed by atoms with E-state index in [0.717, 1.165) is 0 Å². The van der Waals surface area contributed by atoms with Crippen molar-refractivity contribution in [1.82, 2.24) is 24.5 Å². The van der Waals surface area contributed by atoms with Crippen LogP contribution in [0.4, 0.5) is 0 Å². The van der Waals surface area contributed by atoms with Crippen LogP contribution in [0.3, 0.4) is 0 Å². The van der Waals surface area contributed by atoms with Crippen LogP contribution in [0.5, 0.6) is 0 Å². The van der Waals surface area contributed by atoms with E-state index in [1.807, 2.05) is 48.5 Å². The SMILES string of the molecule is CCC(O)CN(CCN(CCN(CC(O)CC)CC(O)CC)CC(O)CC)CCN(CCN(CC(O)CC)CC(O)CC)CC(O)CC. The Morgan fingerprint density at radius 2 is 0.375 bits per heavy atom. The molecule has 0 bridgehead atoms. The summed E-state index contributed by atoms with van der Waals surface area (Å²) in [5, 5.41) is 73.2. The molecule has 48 heavy (non-hydrogen) atoms. The van der Waals surface area contributed by atoms with E-state index >= 15 is 0 Å². The quantitative estimate of drug-likeness (QED) is 0.0522. The molecule has 0 fully saturated rings. The molecule has 12 nitrogen and oxygen atoms in total. The van der Waals surface area contributed by atoms with Gasteiger partial charge in [0.05, 0.1) is 42.7 Å². The third-order valence-electron chi connectivity index (χ3n) is 9.51. The van der Waals surface area contributed by atoms with Gasteiger partial charge in [-0.3, -0.25) is 24.5 Å². The van der Waals surface area contributed by atoms with Gasteiger partial charge in [-0.1, -0.05) is 48.5 Å². The largest absolute Gasteiger partial charge is 0.392 e. The third-order valence-corrected chi connectivity index (χ3v) is 9.51. The smallest absolute Gasteiger partial charge is 0.0664 e. The van der Waals surface area contributed by atoms with Gasteiger partial charge in [-0.25, -0.2) is 0 Å². The first-order valence-electron chi connectivity index (χ1n) is 19.2. The number of nitrogens with zero attached hydrogens (tertiary/aromatic N) is 5. The van der Waals surface area contributed by atoms with Crippen LogP contribution in [0, 0.1) is 0 Å². The van der Waals surface area contributed by atoms with Gasteiger partial charge in [0.25, 0.3) is 0 Å². The van der Waals surface area contributed by atoms with Gasteiger partial charge in [-0.05, 0) is 44.9 Å². The van der Waals surface area contributed by atoms with E-state index in [2.05, 4.69) is 24.5 Å². The van der Waals surface area contributed by atoms with Crippen molar-refractivity contribution in [3.8, 4) is 0 Å². The molecule has 0 aliphatic heterocycles. The van der Waals surface area contributed by atoms with Gasteiger partial charge in [0.2, 0.25) is 0 Å². The van der Waals surface area contributed by atoms with Gasteiger partial charge in [-0.2, -0.15) is 0 Å². The fraction of sp³-hybridized carbons (Fsp3) is 1.00. The summed E-state index contributed by atoms with van der Waals surface area (Å²) >= 11 is 0. The van der Waals surface area contributed by atoms with E-state index in [-0.39, 0.29) is 0 Å². The minimum atomic E-state index is -0.461. The normalized spacial score (nSPS) is 17.1. The minimum absolute atomic E-state index is 0.454. The molecule has 0 aromatic heterocycles. The van der Waals surface area contributed by atoms with Crippen molar-refractivity contribution < 1.29 is 35.7 Å². The summed E-state index contributed by atoms with van der Waals surface area (Å²) in [6, 6.07) is 0. The summed E-state index contributed by atoms with van der Waals surface area (Å²) in [4.78, 5) is 11.0. The first kappa shape index (κ1) is 47.5. The lowest BCUT2D eigenvalue weighted by Gasteiger charge is -2.34. The van der Waals surface area contributed by atoms with Crippen LogP contribution < -0.4 is 0 Å². The van der Waals surface area contributed by atoms with Crippen molar-refractivity contribution in [3.05, 3.63) is 0 Å². The molecule has 0 heterocycles. The average Bonchev–Trinajstić information content (AvgIpc) is 3.08. The van der Waals surface area contributed by atoms with Gasteiger partial charge >= 0.3 is 0 Å². The molecule has 0 radical (unpaired) electrons. The molecule has 7 N–H and O–H groups in total. The number of aliphatic hydroxyl groups excluding tert-OH is 7. The first-order valence-corrected chi connectivity index (χ1v) is 19.2. The molecule has 0 amide bonds. The van der Waals surface area contributed by atoms with E-state index in [0.29, 0.717) is 143 Å². The van der Waals surface area contributed by atoms with Crippen molar-refractivity contribution in [1.29, 1.82) is 0 Å². The molecule has 0 saturated carbocycles. The Bertz CT molecular complexity index is 654. The maximum atomic E-state index is 10.7. The van der Waals surface area contributed by atoms with Crippen LogP contribution in [-0.2, 0) is 0 Å². The standard InChI is InChI=1S/C36H79N5O7/c1-8-30(42)23-37(15-17-38(24-31(43)9-2)19-21-40(26-33(45)11-4)27-34(46)12-5)16-18-39(25-32(44)10-3)20-22-41(28-35(47)13-6)29-36(48)14-7/h30-36,42-48H,8-29H2,1-7H3. The highest BCUT2D eigenvalue weighted by Gasteiger charge is 2.21. The van der Waals surface area contributed by atoms with Crippen LogP contribution in [0.15, 0.2) is 0 Å². The van der Waals surface area contributed by atoms with E-state index < -0.39 is 42.7 Å². The zero-order chi connectivity index (χ0) is 36.5. The fourth-order valence-corrected chi connectivity index (χ4v) is 5.52. The van der Waals surface area contributed by atoms with Crippen LogP contribution in [-0.4, -0.2) is 201 Å². The summed E-state index contributed by atoms with van der Waals surface area (Å²) in [6.07, 6.45) is 1.36.